The average molecular weight is 362 g/mol. The van der Waals surface area contributed by atoms with Gasteiger partial charge in [-0.05, 0) is 37.5 Å². The highest BCUT2D eigenvalue weighted by molar-refractivity contribution is 7.93. The van der Waals surface area contributed by atoms with E-state index in [9.17, 15) is 18.5 Å². The molecule has 7 nitrogen and oxygen atoms in total. The number of nitrogens with zero attached hydrogens (tertiary/aromatic N) is 2. The van der Waals surface area contributed by atoms with Crippen molar-refractivity contribution in [2.45, 2.75) is 24.7 Å². The summed E-state index contributed by atoms with van der Waals surface area (Å²) in [4.78, 5) is 10.3. The predicted molar refractivity (Wildman–Crippen MR) is 93.7 cm³/mol. The van der Waals surface area contributed by atoms with Crippen LogP contribution in [0.15, 0.2) is 41.3 Å². The number of benzene rings is 2. The normalized spacial score (nSPS) is 14.1. The number of fused-ring (bicyclic) bond motifs is 1. The first kappa shape index (κ1) is 17.2. The first-order valence-corrected chi connectivity index (χ1v) is 9.23. The molecular formula is C17H18N2O5S. The molecule has 0 saturated heterocycles. The Bertz CT molecular complexity index is 940. The Balaban J connectivity index is 2.11. The van der Waals surface area contributed by atoms with E-state index >= 15 is 0 Å². The lowest BCUT2D eigenvalue weighted by atomic mass is 10.0. The van der Waals surface area contributed by atoms with E-state index in [0.29, 0.717) is 18.7 Å². The number of non-ortho nitro benzene ring substituents is 1. The predicted octanol–water partition coefficient (Wildman–Crippen LogP) is 3.05. The van der Waals surface area contributed by atoms with Crippen LogP contribution in [-0.4, -0.2) is 27.0 Å². The van der Waals surface area contributed by atoms with E-state index < -0.39 is 14.9 Å². The van der Waals surface area contributed by atoms with Crippen molar-refractivity contribution in [3.63, 3.8) is 0 Å². The van der Waals surface area contributed by atoms with E-state index in [1.54, 1.807) is 6.07 Å². The Kier molecular flexibility index (Phi) is 4.38. The summed E-state index contributed by atoms with van der Waals surface area (Å²) in [7, 11) is -2.59. The molecule has 0 fully saturated rings. The van der Waals surface area contributed by atoms with E-state index in [-0.39, 0.29) is 16.3 Å². The second-order valence-electron chi connectivity index (χ2n) is 5.91. The summed E-state index contributed by atoms with van der Waals surface area (Å²) in [6.07, 6.45) is 1.53. The Labute approximate surface area is 146 Å². The highest BCUT2D eigenvalue weighted by atomic mass is 32.2. The van der Waals surface area contributed by atoms with Crippen molar-refractivity contribution in [1.82, 2.24) is 0 Å². The van der Waals surface area contributed by atoms with Gasteiger partial charge >= 0.3 is 0 Å². The van der Waals surface area contributed by atoms with E-state index in [2.05, 4.69) is 0 Å². The monoisotopic (exact) mass is 362 g/mol. The van der Waals surface area contributed by atoms with Crippen LogP contribution >= 0.6 is 0 Å². The Morgan fingerprint density at radius 1 is 1.20 bits per heavy atom. The van der Waals surface area contributed by atoms with Crippen LogP contribution in [0.5, 0.6) is 5.75 Å². The van der Waals surface area contributed by atoms with Gasteiger partial charge in [0, 0.05) is 12.6 Å². The van der Waals surface area contributed by atoms with Gasteiger partial charge in [0.25, 0.3) is 15.7 Å². The number of nitro benzene ring substituents is 1. The molecule has 0 unspecified atom stereocenters. The molecule has 132 valence electrons. The van der Waals surface area contributed by atoms with Gasteiger partial charge in [0.1, 0.15) is 10.6 Å². The molecular weight excluding hydrogens is 344 g/mol. The number of sulfonamides is 1. The number of ether oxygens (including phenoxy) is 1. The van der Waals surface area contributed by atoms with Crippen LogP contribution < -0.4 is 9.04 Å². The molecule has 0 bridgehead atoms. The van der Waals surface area contributed by atoms with E-state index in [1.807, 2.05) is 19.1 Å². The van der Waals surface area contributed by atoms with Crippen molar-refractivity contribution >= 4 is 21.4 Å². The van der Waals surface area contributed by atoms with Gasteiger partial charge in [0.15, 0.2) is 0 Å². The Morgan fingerprint density at radius 2 is 1.96 bits per heavy atom. The van der Waals surface area contributed by atoms with Gasteiger partial charge in [0.2, 0.25) is 0 Å². The molecule has 0 spiro atoms. The van der Waals surface area contributed by atoms with Gasteiger partial charge in [-0.3, -0.25) is 14.4 Å². The van der Waals surface area contributed by atoms with Crippen molar-refractivity contribution in [2.24, 2.45) is 0 Å². The summed E-state index contributed by atoms with van der Waals surface area (Å²) in [5.74, 6) is -0.0339. The quantitative estimate of drug-likeness (QED) is 0.616. The third-order valence-corrected chi connectivity index (χ3v) is 6.09. The maximum Gasteiger partial charge on any atom is 0.273 e. The van der Waals surface area contributed by atoms with Gasteiger partial charge in [-0.1, -0.05) is 17.7 Å². The topological polar surface area (TPSA) is 89.7 Å². The number of aryl methyl sites for hydroxylation is 2. The number of hydrogen-bond donors (Lipinski definition) is 0. The summed E-state index contributed by atoms with van der Waals surface area (Å²) in [6, 6.07) is 9.21. The number of anilines is 1. The second-order valence-corrected chi connectivity index (χ2v) is 7.74. The summed E-state index contributed by atoms with van der Waals surface area (Å²) >= 11 is 0. The third-order valence-electron chi connectivity index (χ3n) is 4.24. The smallest absolute Gasteiger partial charge is 0.273 e. The minimum Gasteiger partial charge on any atom is -0.495 e. The Morgan fingerprint density at radius 3 is 2.64 bits per heavy atom. The van der Waals surface area contributed by atoms with E-state index in [0.717, 1.165) is 23.6 Å². The second kappa shape index (κ2) is 6.36. The fraction of sp³-hybridized carbons (Fsp3) is 0.294. The minimum absolute atomic E-state index is 0.0339. The molecule has 1 aliphatic heterocycles. The van der Waals surface area contributed by atoms with Crippen LogP contribution in [0.25, 0.3) is 0 Å². The van der Waals surface area contributed by atoms with Gasteiger partial charge in [-0.2, -0.15) is 0 Å². The van der Waals surface area contributed by atoms with Crippen LogP contribution in [0.3, 0.4) is 0 Å². The first-order valence-electron chi connectivity index (χ1n) is 7.79. The van der Waals surface area contributed by atoms with Crippen LogP contribution in [-0.2, 0) is 16.4 Å². The molecule has 1 heterocycles. The van der Waals surface area contributed by atoms with Crippen LogP contribution in [0.4, 0.5) is 11.4 Å². The zero-order valence-electron chi connectivity index (χ0n) is 13.9. The zero-order valence-corrected chi connectivity index (χ0v) is 14.7. The van der Waals surface area contributed by atoms with Crippen LogP contribution in [0.2, 0.25) is 0 Å². The molecule has 0 saturated carbocycles. The molecule has 1 aliphatic rings. The van der Waals surface area contributed by atoms with Crippen molar-refractivity contribution in [3.8, 4) is 5.75 Å². The number of nitro groups is 1. The molecule has 0 radical (unpaired) electrons. The molecule has 3 rings (SSSR count). The highest BCUT2D eigenvalue weighted by Gasteiger charge is 2.32. The van der Waals surface area contributed by atoms with Gasteiger partial charge in [-0.25, -0.2) is 8.42 Å². The number of methoxy groups -OCH3 is 1. The average Bonchev–Trinajstić information content (AvgIpc) is 2.60. The van der Waals surface area contributed by atoms with Crippen LogP contribution in [0.1, 0.15) is 17.5 Å². The van der Waals surface area contributed by atoms with E-state index in [1.165, 1.54) is 23.5 Å². The lowest BCUT2D eigenvalue weighted by Gasteiger charge is -2.31. The van der Waals surface area contributed by atoms with Gasteiger partial charge < -0.3 is 4.74 Å². The van der Waals surface area contributed by atoms with Gasteiger partial charge in [-0.15, -0.1) is 0 Å². The standard InChI is InChI=1S/C17H18N2O5S/c1-12-5-7-15-13(10-12)4-3-9-18(15)25(22,23)17-8-6-14(19(20)21)11-16(17)24-2/h5-8,10-11H,3-4,9H2,1-2H3. The zero-order chi connectivity index (χ0) is 18.2. The fourth-order valence-corrected chi connectivity index (χ4v) is 4.72. The summed E-state index contributed by atoms with van der Waals surface area (Å²) in [5.41, 5.74) is 2.49. The highest BCUT2D eigenvalue weighted by Crippen LogP contribution is 2.36. The third kappa shape index (κ3) is 3.05. The number of rotatable bonds is 4. The fourth-order valence-electron chi connectivity index (χ4n) is 3.04. The molecule has 0 amide bonds. The molecule has 0 aliphatic carbocycles. The van der Waals surface area contributed by atoms with Crippen molar-refractivity contribution in [2.75, 3.05) is 18.0 Å². The SMILES string of the molecule is COc1cc([N+](=O)[O-])ccc1S(=O)(=O)N1CCCc2cc(C)ccc21. The summed E-state index contributed by atoms with van der Waals surface area (Å²) in [6.45, 7) is 2.33. The molecule has 8 heteroatoms. The maximum atomic E-state index is 13.2. The molecule has 2 aromatic carbocycles. The van der Waals surface area contributed by atoms with E-state index in [4.69, 9.17) is 4.74 Å². The minimum atomic E-state index is -3.89. The molecule has 25 heavy (non-hydrogen) atoms. The summed E-state index contributed by atoms with van der Waals surface area (Å²) in [5, 5.41) is 10.9. The number of hydrogen-bond acceptors (Lipinski definition) is 5. The maximum absolute atomic E-state index is 13.2. The Hall–Kier alpha value is -2.61. The largest absolute Gasteiger partial charge is 0.495 e. The van der Waals surface area contributed by atoms with Crippen molar-refractivity contribution in [1.29, 1.82) is 0 Å². The van der Waals surface area contributed by atoms with Crippen LogP contribution in [0, 0.1) is 17.0 Å². The van der Waals surface area contributed by atoms with Crippen molar-refractivity contribution < 1.29 is 18.1 Å². The molecule has 0 aromatic heterocycles. The molecule has 0 atom stereocenters. The van der Waals surface area contributed by atoms with Gasteiger partial charge in [0.05, 0.1) is 23.8 Å². The molecule has 0 N–H and O–H groups in total. The first-order chi connectivity index (χ1) is 11.8. The molecule has 2 aromatic rings. The lowest BCUT2D eigenvalue weighted by molar-refractivity contribution is -0.385. The van der Waals surface area contributed by atoms with Crippen molar-refractivity contribution in [3.05, 3.63) is 57.6 Å². The summed E-state index contributed by atoms with van der Waals surface area (Å²) < 4.78 is 32.8. The lowest BCUT2D eigenvalue weighted by Crippen LogP contribution is -2.35.